The first-order chi connectivity index (χ1) is 15.6. The maximum atomic E-state index is 13.4. The number of fused-ring (bicyclic) bond motifs is 2. The van der Waals surface area contributed by atoms with Crippen molar-refractivity contribution >= 4 is 38.2 Å². The second kappa shape index (κ2) is 8.24. The Kier molecular flexibility index (Phi) is 5.27. The summed E-state index contributed by atoms with van der Waals surface area (Å²) in [7, 11) is 0. The zero-order chi connectivity index (χ0) is 22.2. The summed E-state index contributed by atoms with van der Waals surface area (Å²) in [6.07, 6.45) is 0. The largest absolute Gasteiger partial charge is 0.422 e. The molecule has 0 saturated heterocycles. The van der Waals surface area contributed by atoms with Crippen LogP contribution in [0.3, 0.4) is 0 Å². The van der Waals surface area contributed by atoms with E-state index in [2.05, 4.69) is 43.9 Å². The van der Waals surface area contributed by atoms with Gasteiger partial charge in [-0.25, -0.2) is 9.78 Å². The van der Waals surface area contributed by atoms with E-state index in [-0.39, 0.29) is 5.63 Å². The van der Waals surface area contributed by atoms with Gasteiger partial charge in [-0.1, -0.05) is 36.4 Å². The van der Waals surface area contributed by atoms with Gasteiger partial charge in [-0.05, 0) is 56.2 Å². The lowest BCUT2D eigenvalue weighted by atomic mass is 9.97. The Balaban J connectivity index is 1.83. The number of hydrogen-bond acceptors (Lipinski definition) is 5. The zero-order valence-corrected chi connectivity index (χ0v) is 19.2. The molecule has 3 aromatic carbocycles. The second-order valence-electron chi connectivity index (χ2n) is 7.85. The fraction of sp³-hybridized carbons (Fsp3) is 0.185. The van der Waals surface area contributed by atoms with E-state index in [0.29, 0.717) is 16.2 Å². The highest BCUT2D eigenvalue weighted by Crippen LogP contribution is 2.39. The van der Waals surface area contributed by atoms with Gasteiger partial charge in [0.05, 0.1) is 10.2 Å². The maximum absolute atomic E-state index is 13.4. The van der Waals surface area contributed by atoms with Crippen molar-refractivity contribution < 1.29 is 4.42 Å². The molecule has 5 rings (SSSR count). The average Bonchev–Trinajstić information content (AvgIpc) is 3.22. The van der Waals surface area contributed by atoms with Crippen molar-refractivity contribution in [2.24, 2.45) is 0 Å². The highest BCUT2D eigenvalue weighted by atomic mass is 32.1. The van der Waals surface area contributed by atoms with Crippen molar-refractivity contribution in [3.05, 3.63) is 82.7 Å². The highest BCUT2D eigenvalue weighted by Gasteiger charge is 2.21. The Morgan fingerprint density at radius 1 is 0.938 bits per heavy atom. The average molecular weight is 441 g/mol. The lowest BCUT2D eigenvalue weighted by Gasteiger charge is -2.21. The second-order valence-corrected chi connectivity index (χ2v) is 8.88. The Labute approximate surface area is 190 Å². The van der Waals surface area contributed by atoms with Crippen molar-refractivity contribution in [3.8, 4) is 21.7 Å². The Morgan fingerprint density at radius 2 is 1.72 bits per heavy atom. The molecule has 5 aromatic rings. The number of thiazole rings is 1. The minimum atomic E-state index is -0.358. The van der Waals surface area contributed by atoms with Gasteiger partial charge < -0.3 is 9.32 Å². The van der Waals surface area contributed by atoms with Crippen LogP contribution in [0.15, 0.2) is 75.9 Å². The fourth-order valence-electron chi connectivity index (χ4n) is 4.21. The smallest absolute Gasteiger partial charge is 0.347 e. The Morgan fingerprint density at radius 3 is 2.47 bits per heavy atom. The van der Waals surface area contributed by atoms with Crippen LogP contribution < -0.4 is 10.5 Å². The van der Waals surface area contributed by atoms with E-state index in [1.165, 1.54) is 16.9 Å². The number of hydrogen-bond donors (Lipinski definition) is 0. The third-order valence-electron chi connectivity index (χ3n) is 5.84. The fourth-order valence-corrected chi connectivity index (χ4v) is 5.32. The molecular weight excluding hydrogens is 416 g/mol. The predicted molar refractivity (Wildman–Crippen MR) is 135 cm³/mol. The Hall–Kier alpha value is -3.44. The minimum absolute atomic E-state index is 0.358. The van der Waals surface area contributed by atoms with E-state index in [1.54, 1.807) is 0 Å². The van der Waals surface area contributed by atoms with Crippen LogP contribution in [-0.2, 0) is 0 Å². The molecule has 0 aliphatic rings. The molecule has 0 bridgehead atoms. The van der Waals surface area contributed by atoms with E-state index in [0.717, 1.165) is 45.5 Å². The number of aryl methyl sites for hydroxylation is 1. The zero-order valence-electron chi connectivity index (χ0n) is 18.4. The van der Waals surface area contributed by atoms with Crippen molar-refractivity contribution in [3.63, 3.8) is 0 Å². The van der Waals surface area contributed by atoms with Crippen LogP contribution in [0.2, 0.25) is 0 Å². The molecule has 32 heavy (non-hydrogen) atoms. The first-order valence-electron chi connectivity index (χ1n) is 10.9. The van der Waals surface area contributed by atoms with E-state index >= 15 is 0 Å². The van der Waals surface area contributed by atoms with Crippen molar-refractivity contribution in [2.75, 3.05) is 18.0 Å². The van der Waals surface area contributed by atoms with Gasteiger partial charge in [0.25, 0.3) is 0 Å². The number of rotatable bonds is 5. The molecule has 0 radical (unpaired) electrons. The van der Waals surface area contributed by atoms with Gasteiger partial charge in [-0.3, -0.25) is 0 Å². The number of aromatic nitrogens is 1. The standard InChI is InChI=1S/C27H24N2O2S/c1-4-29(5-2)19-12-13-20-22(16-19)31-27(30)25(24(20)18-9-7-6-8-10-18)26-28-21-14-11-17(3)15-23(21)32-26/h6-16H,4-5H2,1-3H3. The SMILES string of the molecule is CCN(CC)c1ccc2c(-c3ccccc3)c(-c3nc4ccc(C)cc4s3)c(=O)oc2c1. The van der Waals surface area contributed by atoms with Gasteiger partial charge in [0.15, 0.2) is 0 Å². The highest BCUT2D eigenvalue weighted by molar-refractivity contribution is 7.21. The van der Waals surface area contributed by atoms with Crippen LogP contribution in [0.25, 0.3) is 42.9 Å². The molecule has 4 nitrogen and oxygen atoms in total. The summed E-state index contributed by atoms with van der Waals surface area (Å²) in [4.78, 5) is 20.4. The third-order valence-corrected chi connectivity index (χ3v) is 6.88. The van der Waals surface area contributed by atoms with E-state index in [9.17, 15) is 4.79 Å². The molecule has 2 heterocycles. The molecule has 0 aliphatic carbocycles. The summed E-state index contributed by atoms with van der Waals surface area (Å²) < 4.78 is 6.96. The van der Waals surface area contributed by atoms with E-state index < -0.39 is 0 Å². The van der Waals surface area contributed by atoms with Crippen LogP contribution in [-0.4, -0.2) is 18.1 Å². The van der Waals surface area contributed by atoms with Crippen LogP contribution in [0.1, 0.15) is 19.4 Å². The number of nitrogens with zero attached hydrogens (tertiary/aromatic N) is 2. The number of benzene rings is 3. The first kappa shape index (κ1) is 20.5. The van der Waals surface area contributed by atoms with Crippen molar-refractivity contribution in [2.45, 2.75) is 20.8 Å². The molecule has 0 fully saturated rings. The summed E-state index contributed by atoms with van der Waals surface area (Å²) in [5, 5.41) is 1.60. The molecule has 0 atom stereocenters. The van der Waals surface area contributed by atoms with Gasteiger partial charge in [-0.15, -0.1) is 11.3 Å². The van der Waals surface area contributed by atoms with Crippen LogP contribution in [0, 0.1) is 6.92 Å². The maximum Gasteiger partial charge on any atom is 0.347 e. The molecule has 5 heteroatoms. The Bertz CT molecular complexity index is 1480. The first-order valence-corrected chi connectivity index (χ1v) is 11.7. The molecule has 0 amide bonds. The van der Waals surface area contributed by atoms with Gasteiger partial charge in [0.1, 0.15) is 16.2 Å². The third kappa shape index (κ3) is 3.49. The summed E-state index contributed by atoms with van der Waals surface area (Å²) in [6.45, 7) is 8.09. The van der Waals surface area contributed by atoms with Crippen molar-refractivity contribution in [1.29, 1.82) is 0 Å². The topological polar surface area (TPSA) is 46.3 Å². The van der Waals surface area contributed by atoms with Gasteiger partial charge in [-0.2, -0.15) is 0 Å². The monoisotopic (exact) mass is 440 g/mol. The molecular formula is C27H24N2O2S. The lowest BCUT2D eigenvalue weighted by molar-refractivity contribution is 0.564. The molecule has 0 spiro atoms. The number of anilines is 1. The molecule has 160 valence electrons. The quantitative estimate of drug-likeness (QED) is 0.279. The van der Waals surface area contributed by atoms with E-state index in [4.69, 9.17) is 9.40 Å². The van der Waals surface area contributed by atoms with E-state index in [1.807, 2.05) is 48.5 Å². The summed E-state index contributed by atoms with van der Waals surface area (Å²) in [6, 6.07) is 22.3. The van der Waals surface area contributed by atoms with Gasteiger partial charge in [0.2, 0.25) is 0 Å². The molecule has 0 unspecified atom stereocenters. The molecule has 0 saturated carbocycles. The molecule has 2 aromatic heterocycles. The van der Waals surface area contributed by atoms with Crippen molar-refractivity contribution in [1.82, 2.24) is 4.98 Å². The normalized spacial score (nSPS) is 11.3. The predicted octanol–water partition coefficient (Wildman–Crippen LogP) is 6.89. The summed E-state index contributed by atoms with van der Waals surface area (Å²) in [5.74, 6) is 0. The van der Waals surface area contributed by atoms with Crippen LogP contribution in [0.4, 0.5) is 5.69 Å². The lowest BCUT2D eigenvalue weighted by Crippen LogP contribution is -2.21. The van der Waals surface area contributed by atoms with Gasteiger partial charge in [0, 0.05) is 35.8 Å². The van der Waals surface area contributed by atoms with Crippen LogP contribution in [0.5, 0.6) is 0 Å². The minimum Gasteiger partial charge on any atom is -0.422 e. The molecule has 0 N–H and O–H groups in total. The summed E-state index contributed by atoms with van der Waals surface area (Å²) in [5.41, 5.74) is 5.73. The molecule has 0 aliphatic heterocycles. The van der Waals surface area contributed by atoms with Gasteiger partial charge >= 0.3 is 5.63 Å². The van der Waals surface area contributed by atoms with Crippen LogP contribution >= 0.6 is 11.3 Å². The summed E-state index contributed by atoms with van der Waals surface area (Å²) >= 11 is 1.53.